The van der Waals surface area contributed by atoms with Crippen molar-refractivity contribution in [3.63, 3.8) is 0 Å². The Morgan fingerprint density at radius 2 is 1.93 bits per heavy atom. The first-order valence-electron chi connectivity index (χ1n) is 11.0. The average Bonchev–Trinajstić information content (AvgIpc) is 3.03. The van der Waals surface area contributed by atoms with Gasteiger partial charge < -0.3 is 4.74 Å². The number of fused-ring (bicyclic) bond motifs is 5. The van der Waals surface area contributed by atoms with Gasteiger partial charge >= 0.3 is 5.97 Å². The number of esters is 1. The summed E-state index contributed by atoms with van der Waals surface area (Å²) in [7, 11) is 0. The van der Waals surface area contributed by atoms with Gasteiger partial charge in [-0.3, -0.25) is 0 Å². The summed E-state index contributed by atoms with van der Waals surface area (Å²) in [6, 6.07) is 9.20. The van der Waals surface area contributed by atoms with Crippen molar-refractivity contribution >= 4 is 5.97 Å². The predicted octanol–water partition coefficient (Wildman–Crippen LogP) is 6.63. The maximum absolute atomic E-state index is 12.4. The first kappa shape index (κ1) is 18.7. The van der Waals surface area contributed by atoms with Crippen molar-refractivity contribution in [2.24, 2.45) is 28.6 Å². The lowest BCUT2D eigenvalue weighted by atomic mass is 9.49. The van der Waals surface area contributed by atoms with Crippen LogP contribution in [0.3, 0.4) is 0 Å². The minimum atomic E-state index is -0.294. The Morgan fingerprint density at radius 1 is 1.14 bits per heavy atom. The van der Waals surface area contributed by atoms with Crippen LogP contribution in [-0.4, -0.2) is 5.97 Å². The van der Waals surface area contributed by atoms with Gasteiger partial charge in [0.1, 0.15) is 5.76 Å². The molecule has 5 atom stereocenters. The van der Waals surface area contributed by atoms with E-state index in [4.69, 9.17) is 4.74 Å². The highest BCUT2D eigenvalue weighted by Gasteiger charge is 2.55. The van der Waals surface area contributed by atoms with Crippen molar-refractivity contribution in [2.75, 3.05) is 0 Å². The highest BCUT2D eigenvalue weighted by atomic mass is 16.5. The second-order valence-corrected chi connectivity index (χ2v) is 9.79. The van der Waals surface area contributed by atoms with Crippen molar-refractivity contribution in [3.8, 4) is 0 Å². The molecular weight excluding hydrogens is 356 g/mol. The normalized spacial score (nSPS) is 37.7. The second-order valence-electron chi connectivity index (χ2n) is 9.79. The van der Waals surface area contributed by atoms with Crippen molar-refractivity contribution in [3.05, 3.63) is 83.7 Å². The van der Waals surface area contributed by atoms with E-state index in [1.54, 1.807) is 12.1 Å². The standard InChI is InChI=1S/C27H30O2/c1-18-9-12-23-22-11-10-20-17-21(29-25(28)19-7-5-4-6-8-19)13-15-27(20,3)24(22)14-16-26(18,23)2/h4-8,10,13,15,17,22-24H,1,9,11-12,14,16H2,2-3H3/t22?,23?,24?,26-,27+/m1/s1. The monoisotopic (exact) mass is 386 g/mol. The van der Waals surface area contributed by atoms with Gasteiger partial charge in [-0.1, -0.05) is 56.4 Å². The predicted molar refractivity (Wildman–Crippen MR) is 116 cm³/mol. The zero-order chi connectivity index (χ0) is 20.2. The number of benzene rings is 1. The van der Waals surface area contributed by atoms with Crippen LogP contribution in [0.1, 0.15) is 56.3 Å². The molecule has 4 aliphatic rings. The first-order valence-corrected chi connectivity index (χ1v) is 11.0. The van der Waals surface area contributed by atoms with Gasteiger partial charge in [-0.05, 0) is 85.1 Å². The molecule has 0 aliphatic heterocycles. The molecule has 150 valence electrons. The largest absolute Gasteiger partial charge is 0.423 e. The van der Waals surface area contributed by atoms with E-state index >= 15 is 0 Å². The Kier molecular flexibility index (Phi) is 4.24. The molecule has 2 fully saturated rings. The number of ether oxygens (including phenoxy) is 1. The van der Waals surface area contributed by atoms with Gasteiger partial charge in [0, 0.05) is 5.41 Å². The molecule has 2 saturated carbocycles. The lowest BCUT2D eigenvalue weighted by Gasteiger charge is -2.55. The van der Waals surface area contributed by atoms with Crippen LogP contribution in [0.5, 0.6) is 0 Å². The van der Waals surface area contributed by atoms with E-state index in [0.717, 1.165) is 18.3 Å². The molecule has 0 bridgehead atoms. The quantitative estimate of drug-likeness (QED) is 0.421. The third-order valence-electron chi connectivity index (χ3n) is 8.51. The third kappa shape index (κ3) is 2.79. The molecule has 0 amide bonds. The van der Waals surface area contributed by atoms with E-state index in [1.165, 1.54) is 36.8 Å². The summed E-state index contributed by atoms with van der Waals surface area (Å²) in [5, 5.41) is 0. The number of allylic oxidation sites excluding steroid dienone is 6. The van der Waals surface area contributed by atoms with Crippen molar-refractivity contribution < 1.29 is 9.53 Å². The SMILES string of the molecule is C=C1CCC2C3CC=C4C=C(OC(=O)c5ccccc5)C=C[C@]4(C)C3CC[C@]12C. The van der Waals surface area contributed by atoms with Gasteiger partial charge in [0.15, 0.2) is 0 Å². The molecule has 29 heavy (non-hydrogen) atoms. The Balaban J connectivity index is 1.40. The zero-order valence-corrected chi connectivity index (χ0v) is 17.5. The maximum atomic E-state index is 12.4. The number of hydrogen-bond donors (Lipinski definition) is 0. The topological polar surface area (TPSA) is 26.3 Å². The van der Waals surface area contributed by atoms with Gasteiger partial charge in [0.2, 0.25) is 0 Å². The number of rotatable bonds is 2. The molecule has 0 saturated heterocycles. The van der Waals surface area contributed by atoms with Crippen LogP contribution in [0.25, 0.3) is 0 Å². The maximum Gasteiger partial charge on any atom is 0.343 e. The summed E-state index contributed by atoms with van der Waals surface area (Å²) in [5.74, 6) is 2.50. The fourth-order valence-corrected chi connectivity index (χ4v) is 6.66. The highest BCUT2D eigenvalue weighted by Crippen LogP contribution is 2.64. The van der Waals surface area contributed by atoms with E-state index < -0.39 is 0 Å². The Labute approximate surface area is 174 Å². The summed E-state index contributed by atoms with van der Waals surface area (Å²) in [6.45, 7) is 9.26. The van der Waals surface area contributed by atoms with E-state index in [1.807, 2.05) is 24.3 Å². The van der Waals surface area contributed by atoms with Crippen LogP contribution in [0.2, 0.25) is 0 Å². The lowest BCUT2D eigenvalue weighted by molar-refractivity contribution is 0.0145. The van der Waals surface area contributed by atoms with Gasteiger partial charge in [-0.15, -0.1) is 0 Å². The van der Waals surface area contributed by atoms with Crippen LogP contribution < -0.4 is 0 Å². The van der Waals surface area contributed by atoms with E-state index in [2.05, 4.69) is 38.7 Å². The smallest absolute Gasteiger partial charge is 0.343 e. The zero-order valence-electron chi connectivity index (χ0n) is 17.5. The third-order valence-corrected chi connectivity index (χ3v) is 8.51. The summed E-state index contributed by atoms with van der Waals surface area (Å²) in [5.41, 5.74) is 3.76. The average molecular weight is 387 g/mol. The summed E-state index contributed by atoms with van der Waals surface area (Å²) in [4.78, 5) is 12.4. The molecule has 1 aromatic carbocycles. The van der Waals surface area contributed by atoms with Gasteiger partial charge in [0.25, 0.3) is 0 Å². The van der Waals surface area contributed by atoms with E-state index in [9.17, 15) is 4.79 Å². The van der Waals surface area contributed by atoms with Crippen molar-refractivity contribution in [1.82, 2.24) is 0 Å². The van der Waals surface area contributed by atoms with Crippen molar-refractivity contribution in [1.29, 1.82) is 0 Å². The fraction of sp³-hybridized carbons (Fsp3) is 0.444. The van der Waals surface area contributed by atoms with Crippen LogP contribution in [0.4, 0.5) is 0 Å². The summed E-state index contributed by atoms with van der Waals surface area (Å²) in [6.07, 6.45) is 15.0. The van der Waals surface area contributed by atoms with Crippen LogP contribution in [0.15, 0.2) is 78.1 Å². The van der Waals surface area contributed by atoms with Gasteiger partial charge in [0.05, 0.1) is 5.56 Å². The molecule has 2 heteroatoms. The molecule has 5 rings (SSSR count). The molecule has 0 aromatic heterocycles. The molecule has 0 N–H and O–H groups in total. The Bertz CT molecular complexity index is 950. The lowest BCUT2D eigenvalue weighted by Crippen LogP contribution is -2.47. The highest BCUT2D eigenvalue weighted by molar-refractivity contribution is 5.90. The van der Waals surface area contributed by atoms with Crippen LogP contribution in [-0.2, 0) is 4.74 Å². The number of hydrogen-bond acceptors (Lipinski definition) is 2. The molecule has 0 spiro atoms. The number of carbonyl (C=O) groups excluding carboxylic acids is 1. The molecule has 3 unspecified atom stereocenters. The summed E-state index contributed by atoms with van der Waals surface area (Å²) < 4.78 is 5.69. The van der Waals surface area contributed by atoms with Crippen LogP contribution >= 0.6 is 0 Å². The molecular formula is C27H30O2. The van der Waals surface area contributed by atoms with Gasteiger partial charge in [-0.2, -0.15) is 0 Å². The minimum Gasteiger partial charge on any atom is -0.423 e. The van der Waals surface area contributed by atoms with Gasteiger partial charge in [-0.25, -0.2) is 4.79 Å². The van der Waals surface area contributed by atoms with Crippen LogP contribution in [0, 0.1) is 28.6 Å². The fourth-order valence-electron chi connectivity index (χ4n) is 6.66. The van der Waals surface area contributed by atoms with Crippen molar-refractivity contribution in [2.45, 2.75) is 46.0 Å². The van der Waals surface area contributed by atoms with E-state index in [0.29, 0.717) is 22.7 Å². The Hall–Kier alpha value is -2.35. The second kappa shape index (κ2) is 6.58. The Morgan fingerprint density at radius 3 is 2.72 bits per heavy atom. The van der Waals surface area contributed by atoms with E-state index in [-0.39, 0.29) is 11.4 Å². The molecule has 0 heterocycles. The number of carbonyl (C=O) groups is 1. The molecule has 0 radical (unpaired) electrons. The molecule has 1 aromatic rings. The molecule has 2 nitrogen and oxygen atoms in total. The molecule has 4 aliphatic carbocycles. The minimum absolute atomic E-state index is 0.0385. The first-order chi connectivity index (χ1) is 13.9. The summed E-state index contributed by atoms with van der Waals surface area (Å²) >= 11 is 0.